The molecule has 0 saturated heterocycles. The third-order valence-corrected chi connectivity index (χ3v) is 3.74. The number of aromatic nitrogens is 2. The number of nitro groups is 1. The first-order valence-electron chi connectivity index (χ1n) is 8.20. The third kappa shape index (κ3) is 4.66. The number of non-ortho nitro benzene ring substituents is 1. The molecule has 138 valence electrons. The molecule has 1 aromatic heterocycles. The van der Waals surface area contributed by atoms with Gasteiger partial charge in [0, 0.05) is 42.0 Å². The third-order valence-electron chi connectivity index (χ3n) is 3.74. The molecule has 9 nitrogen and oxygen atoms in total. The van der Waals surface area contributed by atoms with Crippen molar-refractivity contribution in [2.75, 3.05) is 18.4 Å². The van der Waals surface area contributed by atoms with Crippen LogP contribution in [0, 0.1) is 17.0 Å². The quantitative estimate of drug-likeness (QED) is 0.374. The van der Waals surface area contributed by atoms with Crippen LogP contribution >= 0.6 is 0 Å². The van der Waals surface area contributed by atoms with Crippen molar-refractivity contribution in [2.45, 2.75) is 6.92 Å². The van der Waals surface area contributed by atoms with E-state index in [9.17, 15) is 14.9 Å². The predicted octanol–water partition coefficient (Wildman–Crippen LogP) is 2.80. The van der Waals surface area contributed by atoms with Gasteiger partial charge in [-0.1, -0.05) is 5.16 Å². The number of amides is 1. The van der Waals surface area contributed by atoms with E-state index in [2.05, 4.69) is 20.8 Å². The fourth-order valence-corrected chi connectivity index (χ4v) is 2.36. The van der Waals surface area contributed by atoms with Gasteiger partial charge in [-0.2, -0.15) is 4.98 Å². The molecular weight excluding hydrogens is 350 g/mol. The van der Waals surface area contributed by atoms with E-state index < -0.39 is 4.92 Å². The number of carbonyl (C=O) groups excluding carboxylic acids is 1. The van der Waals surface area contributed by atoms with Crippen LogP contribution in [0.25, 0.3) is 11.5 Å². The lowest BCUT2D eigenvalue weighted by atomic mass is 10.1. The van der Waals surface area contributed by atoms with Crippen molar-refractivity contribution in [3.8, 4) is 11.5 Å². The van der Waals surface area contributed by atoms with E-state index in [0.717, 1.165) is 11.3 Å². The number of benzene rings is 2. The average molecular weight is 367 g/mol. The van der Waals surface area contributed by atoms with Crippen LogP contribution in [0.15, 0.2) is 53.1 Å². The van der Waals surface area contributed by atoms with E-state index in [1.54, 1.807) is 43.3 Å². The van der Waals surface area contributed by atoms with Gasteiger partial charge in [-0.3, -0.25) is 14.9 Å². The zero-order valence-electron chi connectivity index (χ0n) is 14.5. The molecule has 3 rings (SSSR count). The molecule has 0 radical (unpaired) electrons. The van der Waals surface area contributed by atoms with Crippen molar-refractivity contribution in [1.82, 2.24) is 15.5 Å². The van der Waals surface area contributed by atoms with E-state index in [1.807, 2.05) is 0 Å². The average Bonchev–Trinajstić information content (AvgIpc) is 3.12. The summed E-state index contributed by atoms with van der Waals surface area (Å²) >= 11 is 0. The number of nitrogens with zero attached hydrogens (tertiary/aromatic N) is 3. The number of aryl methyl sites for hydroxylation is 1. The molecule has 0 unspecified atom stereocenters. The smallest absolute Gasteiger partial charge is 0.269 e. The second-order valence-corrected chi connectivity index (χ2v) is 5.71. The monoisotopic (exact) mass is 367 g/mol. The molecule has 0 atom stereocenters. The molecule has 0 aliphatic rings. The Morgan fingerprint density at radius 2 is 1.81 bits per heavy atom. The van der Waals surface area contributed by atoms with Crippen molar-refractivity contribution in [2.24, 2.45) is 0 Å². The number of hydrogen-bond acceptors (Lipinski definition) is 7. The minimum atomic E-state index is -0.450. The summed E-state index contributed by atoms with van der Waals surface area (Å²) in [6.07, 6.45) is 0. The normalized spacial score (nSPS) is 10.4. The summed E-state index contributed by atoms with van der Waals surface area (Å²) in [6, 6.07) is 13.0. The summed E-state index contributed by atoms with van der Waals surface area (Å²) in [5, 5.41) is 20.2. The highest BCUT2D eigenvalue weighted by atomic mass is 16.6. The first kappa shape index (κ1) is 18.1. The highest BCUT2D eigenvalue weighted by molar-refractivity contribution is 5.94. The molecule has 2 N–H and O–H groups in total. The number of anilines is 1. The maximum Gasteiger partial charge on any atom is 0.269 e. The summed E-state index contributed by atoms with van der Waals surface area (Å²) < 4.78 is 5.09. The fourth-order valence-electron chi connectivity index (χ4n) is 2.36. The van der Waals surface area contributed by atoms with Crippen LogP contribution in [-0.2, 0) is 0 Å². The first-order chi connectivity index (χ1) is 13.0. The molecule has 0 fully saturated rings. The molecule has 0 saturated carbocycles. The Morgan fingerprint density at radius 1 is 1.11 bits per heavy atom. The topological polar surface area (TPSA) is 123 Å². The van der Waals surface area contributed by atoms with Crippen LogP contribution in [0.3, 0.4) is 0 Å². The number of carbonyl (C=O) groups is 1. The van der Waals surface area contributed by atoms with Crippen LogP contribution in [-0.4, -0.2) is 34.1 Å². The van der Waals surface area contributed by atoms with Crippen LogP contribution in [0.4, 0.5) is 11.4 Å². The summed E-state index contributed by atoms with van der Waals surface area (Å²) in [5.74, 6) is 0.757. The maximum absolute atomic E-state index is 12.2. The van der Waals surface area contributed by atoms with E-state index in [0.29, 0.717) is 30.4 Å². The van der Waals surface area contributed by atoms with Gasteiger partial charge in [-0.15, -0.1) is 0 Å². The van der Waals surface area contributed by atoms with Gasteiger partial charge in [0.1, 0.15) is 0 Å². The lowest BCUT2D eigenvalue weighted by molar-refractivity contribution is -0.384. The van der Waals surface area contributed by atoms with Crippen molar-refractivity contribution in [3.05, 3.63) is 70.0 Å². The molecule has 27 heavy (non-hydrogen) atoms. The van der Waals surface area contributed by atoms with Crippen molar-refractivity contribution < 1.29 is 14.2 Å². The summed E-state index contributed by atoms with van der Waals surface area (Å²) in [4.78, 5) is 26.5. The number of nitro benzene ring substituents is 1. The molecule has 3 aromatic rings. The van der Waals surface area contributed by atoms with Crippen LogP contribution in [0.1, 0.15) is 16.2 Å². The van der Waals surface area contributed by atoms with Gasteiger partial charge in [0.25, 0.3) is 17.5 Å². The molecular formula is C18H17N5O4. The van der Waals surface area contributed by atoms with Crippen molar-refractivity contribution in [3.63, 3.8) is 0 Å². The molecule has 1 heterocycles. The maximum atomic E-state index is 12.2. The number of hydrogen-bond donors (Lipinski definition) is 2. The summed E-state index contributed by atoms with van der Waals surface area (Å²) in [5.41, 5.74) is 2.04. The fraction of sp³-hybridized carbons (Fsp3) is 0.167. The van der Waals surface area contributed by atoms with Crippen LogP contribution < -0.4 is 10.6 Å². The molecule has 0 bridgehead atoms. The largest absolute Gasteiger partial charge is 0.383 e. The summed E-state index contributed by atoms with van der Waals surface area (Å²) in [7, 11) is 0. The van der Waals surface area contributed by atoms with Gasteiger partial charge >= 0.3 is 0 Å². The second-order valence-electron chi connectivity index (χ2n) is 5.71. The van der Waals surface area contributed by atoms with E-state index in [-0.39, 0.29) is 11.6 Å². The minimum Gasteiger partial charge on any atom is -0.383 e. The first-order valence-corrected chi connectivity index (χ1v) is 8.20. The van der Waals surface area contributed by atoms with E-state index in [1.165, 1.54) is 12.1 Å². The Hall–Kier alpha value is -3.75. The van der Waals surface area contributed by atoms with Gasteiger partial charge in [-0.25, -0.2) is 0 Å². The lowest BCUT2D eigenvalue weighted by Gasteiger charge is -2.08. The van der Waals surface area contributed by atoms with Gasteiger partial charge < -0.3 is 15.2 Å². The zero-order valence-corrected chi connectivity index (χ0v) is 14.5. The van der Waals surface area contributed by atoms with E-state index >= 15 is 0 Å². The van der Waals surface area contributed by atoms with Crippen LogP contribution in [0.2, 0.25) is 0 Å². The van der Waals surface area contributed by atoms with Gasteiger partial charge in [-0.05, 0) is 43.3 Å². The Kier molecular flexibility index (Phi) is 5.41. The SMILES string of the molecule is Cc1noc(-c2ccc(C(=O)NCCNc3ccc([N+](=O)[O-])cc3)cc2)n1. The van der Waals surface area contributed by atoms with Crippen LogP contribution in [0.5, 0.6) is 0 Å². The predicted molar refractivity (Wildman–Crippen MR) is 98.4 cm³/mol. The van der Waals surface area contributed by atoms with Crippen molar-refractivity contribution in [1.29, 1.82) is 0 Å². The van der Waals surface area contributed by atoms with Gasteiger partial charge in [0.15, 0.2) is 5.82 Å². The van der Waals surface area contributed by atoms with Gasteiger partial charge in [0.05, 0.1) is 4.92 Å². The second kappa shape index (κ2) is 8.09. The van der Waals surface area contributed by atoms with Crippen molar-refractivity contribution >= 4 is 17.3 Å². The van der Waals surface area contributed by atoms with E-state index in [4.69, 9.17) is 4.52 Å². The molecule has 1 amide bonds. The Labute approximate surface area is 154 Å². The number of rotatable bonds is 7. The minimum absolute atomic E-state index is 0.0352. The molecule has 0 spiro atoms. The van der Waals surface area contributed by atoms with Gasteiger partial charge in [0.2, 0.25) is 0 Å². The molecule has 0 aliphatic heterocycles. The molecule has 2 aromatic carbocycles. The highest BCUT2D eigenvalue weighted by Crippen LogP contribution is 2.17. The standard InChI is InChI=1S/C18H17N5O4/c1-12-21-18(27-22-12)14-4-2-13(3-5-14)17(24)20-11-10-19-15-6-8-16(9-7-15)23(25)26/h2-9,19H,10-11H2,1H3,(H,20,24). The zero-order chi connectivity index (χ0) is 19.2. The Bertz CT molecular complexity index is 935. The Balaban J connectivity index is 1.47. The highest BCUT2D eigenvalue weighted by Gasteiger charge is 2.09. The summed E-state index contributed by atoms with van der Waals surface area (Å²) in [6.45, 7) is 2.63. The number of nitrogens with one attached hydrogen (secondary N) is 2. The molecule has 9 heteroatoms. The Morgan fingerprint density at radius 3 is 2.41 bits per heavy atom. The molecule has 0 aliphatic carbocycles. The lowest BCUT2D eigenvalue weighted by Crippen LogP contribution is -2.28.